The van der Waals surface area contributed by atoms with E-state index >= 15 is 0 Å². The van der Waals surface area contributed by atoms with Crippen molar-refractivity contribution in [3.63, 3.8) is 0 Å². The van der Waals surface area contributed by atoms with Gasteiger partial charge in [0.15, 0.2) is 0 Å². The Morgan fingerprint density at radius 2 is 2.00 bits per heavy atom. The van der Waals surface area contributed by atoms with Crippen molar-refractivity contribution in [1.29, 1.82) is 0 Å². The summed E-state index contributed by atoms with van der Waals surface area (Å²) in [5.41, 5.74) is 2.75. The Bertz CT molecular complexity index is 507. The SMILES string of the molecule is Cc1ccccc1CN(C)C(C)CNCc1ccco1. The molecule has 1 aromatic carbocycles. The number of furan rings is 1. The van der Waals surface area contributed by atoms with E-state index in [4.69, 9.17) is 4.42 Å². The lowest BCUT2D eigenvalue weighted by Crippen LogP contribution is -2.37. The fraction of sp³-hybridized carbons (Fsp3) is 0.412. The van der Waals surface area contributed by atoms with Gasteiger partial charge in [0, 0.05) is 19.1 Å². The zero-order valence-corrected chi connectivity index (χ0v) is 12.6. The van der Waals surface area contributed by atoms with E-state index in [9.17, 15) is 0 Å². The molecule has 0 amide bonds. The van der Waals surface area contributed by atoms with Gasteiger partial charge in [-0.3, -0.25) is 4.90 Å². The predicted molar refractivity (Wildman–Crippen MR) is 82.5 cm³/mol. The molecule has 0 aliphatic heterocycles. The summed E-state index contributed by atoms with van der Waals surface area (Å²) in [6, 6.07) is 13.0. The van der Waals surface area contributed by atoms with E-state index < -0.39 is 0 Å². The number of hydrogen-bond donors (Lipinski definition) is 1. The van der Waals surface area contributed by atoms with Crippen LogP contribution < -0.4 is 5.32 Å². The van der Waals surface area contributed by atoms with Crippen molar-refractivity contribution in [3.05, 3.63) is 59.5 Å². The molecule has 1 N–H and O–H groups in total. The van der Waals surface area contributed by atoms with E-state index in [1.807, 2.05) is 12.1 Å². The Labute approximate surface area is 121 Å². The lowest BCUT2D eigenvalue weighted by Gasteiger charge is -2.25. The van der Waals surface area contributed by atoms with Gasteiger partial charge in [0.1, 0.15) is 5.76 Å². The molecule has 1 aromatic heterocycles. The van der Waals surface area contributed by atoms with Crippen molar-refractivity contribution in [2.45, 2.75) is 33.0 Å². The normalized spacial score (nSPS) is 12.8. The van der Waals surface area contributed by atoms with Crippen molar-refractivity contribution in [1.82, 2.24) is 10.2 Å². The number of aryl methyl sites for hydroxylation is 1. The highest BCUT2D eigenvalue weighted by Crippen LogP contribution is 2.11. The lowest BCUT2D eigenvalue weighted by molar-refractivity contribution is 0.240. The lowest BCUT2D eigenvalue weighted by atomic mass is 10.1. The molecular weight excluding hydrogens is 248 g/mol. The van der Waals surface area contributed by atoms with E-state index in [0.29, 0.717) is 6.04 Å². The van der Waals surface area contributed by atoms with E-state index in [-0.39, 0.29) is 0 Å². The average molecular weight is 272 g/mol. The Hall–Kier alpha value is -1.58. The fourth-order valence-electron chi connectivity index (χ4n) is 2.19. The number of hydrogen-bond acceptors (Lipinski definition) is 3. The molecule has 108 valence electrons. The van der Waals surface area contributed by atoms with Crippen LogP contribution in [0.5, 0.6) is 0 Å². The van der Waals surface area contributed by atoms with E-state index in [1.165, 1.54) is 11.1 Å². The Morgan fingerprint density at radius 1 is 1.20 bits per heavy atom. The number of nitrogens with zero attached hydrogens (tertiary/aromatic N) is 1. The first-order valence-corrected chi connectivity index (χ1v) is 7.14. The van der Waals surface area contributed by atoms with Crippen molar-refractivity contribution in [2.24, 2.45) is 0 Å². The second-order valence-corrected chi connectivity index (χ2v) is 5.40. The maximum absolute atomic E-state index is 5.31. The molecule has 2 rings (SSSR count). The van der Waals surface area contributed by atoms with Crippen LogP contribution in [0.1, 0.15) is 23.8 Å². The van der Waals surface area contributed by atoms with Gasteiger partial charge >= 0.3 is 0 Å². The minimum absolute atomic E-state index is 0.476. The highest BCUT2D eigenvalue weighted by atomic mass is 16.3. The molecule has 0 radical (unpaired) electrons. The van der Waals surface area contributed by atoms with Crippen LogP contribution in [0.25, 0.3) is 0 Å². The van der Waals surface area contributed by atoms with Crippen LogP contribution in [0.4, 0.5) is 0 Å². The monoisotopic (exact) mass is 272 g/mol. The number of likely N-dealkylation sites (N-methyl/N-ethyl adjacent to an activating group) is 1. The van der Waals surface area contributed by atoms with Gasteiger partial charge in [-0.15, -0.1) is 0 Å². The first kappa shape index (κ1) is 14.8. The van der Waals surface area contributed by atoms with Crippen LogP contribution in [0.3, 0.4) is 0 Å². The van der Waals surface area contributed by atoms with Crippen molar-refractivity contribution < 1.29 is 4.42 Å². The predicted octanol–water partition coefficient (Wildman–Crippen LogP) is 3.20. The van der Waals surface area contributed by atoms with Crippen LogP contribution in [0.2, 0.25) is 0 Å². The van der Waals surface area contributed by atoms with Gasteiger partial charge < -0.3 is 9.73 Å². The summed E-state index contributed by atoms with van der Waals surface area (Å²) >= 11 is 0. The molecule has 0 bridgehead atoms. The third-order valence-electron chi connectivity index (χ3n) is 3.75. The highest BCUT2D eigenvalue weighted by Gasteiger charge is 2.10. The second-order valence-electron chi connectivity index (χ2n) is 5.40. The Balaban J connectivity index is 1.77. The maximum atomic E-state index is 5.31. The topological polar surface area (TPSA) is 28.4 Å². The molecule has 0 aliphatic carbocycles. The molecular formula is C17H24N2O. The van der Waals surface area contributed by atoms with Crippen molar-refractivity contribution in [2.75, 3.05) is 13.6 Å². The summed E-state index contributed by atoms with van der Waals surface area (Å²) in [5, 5.41) is 3.43. The minimum atomic E-state index is 0.476. The van der Waals surface area contributed by atoms with Crippen molar-refractivity contribution >= 4 is 0 Å². The number of nitrogens with one attached hydrogen (secondary N) is 1. The fourth-order valence-corrected chi connectivity index (χ4v) is 2.19. The molecule has 2 aromatic rings. The summed E-state index contributed by atoms with van der Waals surface area (Å²) in [4.78, 5) is 2.37. The Morgan fingerprint density at radius 3 is 2.70 bits per heavy atom. The van der Waals surface area contributed by atoms with E-state index in [2.05, 4.69) is 55.4 Å². The van der Waals surface area contributed by atoms with Crippen LogP contribution in [0.15, 0.2) is 47.1 Å². The molecule has 0 fully saturated rings. The second kappa shape index (κ2) is 7.27. The molecule has 1 atom stereocenters. The summed E-state index contributed by atoms with van der Waals surface area (Å²) in [6.45, 7) is 7.13. The summed E-state index contributed by atoms with van der Waals surface area (Å²) in [6.07, 6.45) is 1.71. The maximum Gasteiger partial charge on any atom is 0.117 e. The van der Waals surface area contributed by atoms with Gasteiger partial charge in [-0.2, -0.15) is 0 Å². The molecule has 1 unspecified atom stereocenters. The van der Waals surface area contributed by atoms with Crippen molar-refractivity contribution in [3.8, 4) is 0 Å². The van der Waals surface area contributed by atoms with Gasteiger partial charge in [0.2, 0.25) is 0 Å². The summed E-state index contributed by atoms with van der Waals surface area (Å²) in [7, 11) is 2.17. The van der Waals surface area contributed by atoms with Gasteiger partial charge in [0.05, 0.1) is 12.8 Å². The third-order valence-corrected chi connectivity index (χ3v) is 3.75. The molecule has 20 heavy (non-hydrogen) atoms. The van der Waals surface area contributed by atoms with E-state index in [1.54, 1.807) is 6.26 Å². The first-order valence-electron chi connectivity index (χ1n) is 7.14. The molecule has 0 saturated heterocycles. The minimum Gasteiger partial charge on any atom is -0.468 e. The summed E-state index contributed by atoms with van der Waals surface area (Å²) in [5.74, 6) is 0.985. The summed E-state index contributed by atoms with van der Waals surface area (Å²) < 4.78 is 5.31. The number of rotatable bonds is 7. The molecule has 1 heterocycles. The Kier molecular flexibility index (Phi) is 5.39. The zero-order valence-electron chi connectivity index (χ0n) is 12.6. The standard InChI is InChI=1S/C17H24N2O/c1-14-7-4-5-8-16(14)13-19(3)15(2)11-18-12-17-9-6-10-20-17/h4-10,15,18H,11-13H2,1-3H3. The third kappa shape index (κ3) is 4.22. The van der Waals surface area contributed by atoms with Gasteiger partial charge in [-0.1, -0.05) is 24.3 Å². The van der Waals surface area contributed by atoms with Crippen LogP contribution in [-0.4, -0.2) is 24.5 Å². The zero-order chi connectivity index (χ0) is 14.4. The van der Waals surface area contributed by atoms with Crippen LogP contribution >= 0.6 is 0 Å². The molecule has 3 heteroatoms. The largest absolute Gasteiger partial charge is 0.468 e. The number of benzene rings is 1. The molecule has 0 spiro atoms. The smallest absolute Gasteiger partial charge is 0.117 e. The van der Waals surface area contributed by atoms with Gasteiger partial charge in [0.25, 0.3) is 0 Å². The van der Waals surface area contributed by atoms with Gasteiger partial charge in [-0.25, -0.2) is 0 Å². The molecule has 3 nitrogen and oxygen atoms in total. The molecule has 0 saturated carbocycles. The van der Waals surface area contributed by atoms with E-state index in [0.717, 1.165) is 25.4 Å². The average Bonchev–Trinajstić information content (AvgIpc) is 2.94. The first-order chi connectivity index (χ1) is 9.66. The van der Waals surface area contributed by atoms with Crippen LogP contribution in [-0.2, 0) is 13.1 Å². The quantitative estimate of drug-likeness (QED) is 0.839. The molecule has 0 aliphatic rings. The van der Waals surface area contributed by atoms with Crippen LogP contribution in [0, 0.1) is 6.92 Å². The van der Waals surface area contributed by atoms with Gasteiger partial charge in [-0.05, 0) is 44.2 Å². The highest BCUT2D eigenvalue weighted by molar-refractivity contribution is 5.25.